The Balaban J connectivity index is 2.45. The van der Waals surface area contributed by atoms with Gasteiger partial charge in [0.25, 0.3) is 0 Å². The predicted octanol–water partition coefficient (Wildman–Crippen LogP) is 1.32. The Kier molecular flexibility index (Phi) is 6.04. The molecule has 0 aliphatic carbocycles. The van der Waals surface area contributed by atoms with Crippen molar-refractivity contribution < 1.29 is 9.90 Å². The predicted molar refractivity (Wildman–Crippen MR) is 71.4 cm³/mol. The van der Waals surface area contributed by atoms with Gasteiger partial charge in [0.05, 0.1) is 18.3 Å². The topological polar surface area (TPSA) is 61.4 Å². The molecule has 4 nitrogen and oxygen atoms in total. The van der Waals surface area contributed by atoms with E-state index in [9.17, 15) is 4.79 Å². The number of thioether (sulfide) groups is 1. The Hall–Kier alpha value is -1.04. The van der Waals surface area contributed by atoms with Crippen LogP contribution < -0.4 is 10.6 Å². The van der Waals surface area contributed by atoms with Gasteiger partial charge in [0.15, 0.2) is 0 Å². The van der Waals surface area contributed by atoms with E-state index in [0.29, 0.717) is 6.54 Å². The number of carbonyl (C=O) groups excluding carboxylic acids is 1. The third-order valence-corrected chi connectivity index (χ3v) is 2.90. The van der Waals surface area contributed by atoms with Crippen molar-refractivity contribution in [2.45, 2.75) is 17.9 Å². The van der Waals surface area contributed by atoms with Crippen LogP contribution in [0.15, 0.2) is 29.2 Å². The lowest BCUT2D eigenvalue weighted by Crippen LogP contribution is -2.32. The molecule has 1 amide bonds. The molecule has 1 rings (SSSR count). The molecule has 1 aromatic carbocycles. The highest BCUT2D eigenvalue weighted by Crippen LogP contribution is 2.24. The first-order chi connectivity index (χ1) is 8.13. The summed E-state index contributed by atoms with van der Waals surface area (Å²) in [5, 5.41) is 14.7. The van der Waals surface area contributed by atoms with Crippen LogP contribution in [-0.2, 0) is 4.79 Å². The fraction of sp³-hybridized carbons (Fsp3) is 0.417. The van der Waals surface area contributed by atoms with Crippen LogP contribution >= 0.6 is 11.8 Å². The third-order valence-electron chi connectivity index (χ3n) is 2.11. The van der Waals surface area contributed by atoms with Gasteiger partial charge in [-0.1, -0.05) is 12.1 Å². The standard InChI is InChI=1S/C12H18N2O2S/c1-9(15)7-13-8-12(16)14-10-5-3-4-6-11(10)17-2/h3-6,9,13,15H,7-8H2,1-2H3,(H,14,16)/t9-/m1/s1. The Morgan fingerprint density at radius 2 is 2.18 bits per heavy atom. The summed E-state index contributed by atoms with van der Waals surface area (Å²) < 4.78 is 0. The van der Waals surface area contributed by atoms with E-state index >= 15 is 0 Å². The molecule has 0 aliphatic rings. The van der Waals surface area contributed by atoms with Gasteiger partial charge in [-0.25, -0.2) is 0 Å². The lowest BCUT2D eigenvalue weighted by atomic mass is 10.3. The van der Waals surface area contributed by atoms with Gasteiger partial charge in [-0.3, -0.25) is 4.79 Å². The molecule has 0 unspecified atom stereocenters. The lowest BCUT2D eigenvalue weighted by molar-refractivity contribution is -0.115. The number of rotatable bonds is 6. The molecule has 1 aromatic rings. The summed E-state index contributed by atoms with van der Waals surface area (Å²) in [5.41, 5.74) is 0.823. The minimum Gasteiger partial charge on any atom is -0.392 e. The van der Waals surface area contributed by atoms with Crippen LogP contribution in [0.3, 0.4) is 0 Å². The molecule has 1 atom stereocenters. The quantitative estimate of drug-likeness (QED) is 0.670. The number of aliphatic hydroxyl groups excluding tert-OH is 1. The Labute approximate surface area is 106 Å². The van der Waals surface area contributed by atoms with Crippen LogP contribution in [0.4, 0.5) is 5.69 Å². The van der Waals surface area contributed by atoms with Crippen molar-refractivity contribution in [3.05, 3.63) is 24.3 Å². The lowest BCUT2D eigenvalue weighted by Gasteiger charge is -2.10. The highest BCUT2D eigenvalue weighted by Gasteiger charge is 2.05. The molecule has 0 heterocycles. The van der Waals surface area contributed by atoms with Crippen LogP contribution in [-0.4, -0.2) is 36.5 Å². The number of hydrogen-bond acceptors (Lipinski definition) is 4. The molecule has 17 heavy (non-hydrogen) atoms. The van der Waals surface area contributed by atoms with Crippen LogP contribution in [0.1, 0.15) is 6.92 Å². The van der Waals surface area contributed by atoms with Gasteiger partial charge >= 0.3 is 0 Å². The number of nitrogens with one attached hydrogen (secondary N) is 2. The summed E-state index contributed by atoms with van der Waals surface area (Å²) in [7, 11) is 0. The summed E-state index contributed by atoms with van der Waals surface area (Å²) in [6.45, 7) is 2.29. The second kappa shape index (κ2) is 7.32. The van der Waals surface area contributed by atoms with Crippen molar-refractivity contribution in [3.8, 4) is 0 Å². The monoisotopic (exact) mass is 254 g/mol. The number of benzene rings is 1. The van der Waals surface area contributed by atoms with Crippen molar-refractivity contribution in [1.82, 2.24) is 5.32 Å². The smallest absolute Gasteiger partial charge is 0.238 e. The van der Waals surface area contributed by atoms with Crippen LogP contribution in [0.25, 0.3) is 0 Å². The summed E-state index contributed by atoms with van der Waals surface area (Å²) >= 11 is 1.59. The highest BCUT2D eigenvalue weighted by molar-refractivity contribution is 7.98. The molecule has 0 bridgehead atoms. The number of para-hydroxylation sites is 1. The molecule has 0 spiro atoms. The zero-order valence-electron chi connectivity index (χ0n) is 10.1. The van der Waals surface area contributed by atoms with Gasteiger partial charge in [-0.05, 0) is 25.3 Å². The molecule has 0 saturated heterocycles. The van der Waals surface area contributed by atoms with Gasteiger partial charge in [0, 0.05) is 11.4 Å². The van der Waals surface area contributed by atoms with E-state index in [1.807, 2.05) is 30.5 Å². The highest BCUT2D eigenvalue weighted by atomic mass is 32.2. The minimum atomic E-state index is -0.443. The van der Waals surface area contributed by atoms with Crippen molar-refractivity contribution in [3.63, 3.8) is 0 Å². The van der Waals surface area contributed by atoms with Crippen molar-refractivity contribution in [1.29, 1.82) is 0 Å². The van der Waals surface area contributed by atoms with Crippen LogP contribution in [0.5, 0.6) is 0 Å². The van der Waals surface area contributed by atoms with Crippen molar-refractivity contribution in [2.75, 3.05) is 24.7 Å². The van der Waals surface area contributed by atoms with E-state index in [2.05, 4.69) is 10.6 Å². The summed E-state index contributed by atoms with van der Waals surface area (Å²) in [6, 6.07) is 7.66. The molecule has 0 fully saturated rings. The average molecular weight is 254 g/mol. The number of anilines is 1. The Morgan fingerprint density at radius 3 is 2.82 bits per heavy atom. The molecule has 0 saturated carbocycles. The maximum atomic E-state index is 11.6. The number of aliphatic hydroxyl groups is 1. The van der Waals surface area contributed by atoms with E-state index in [4.69, 9.17) is 5.11 Å². The number of amides is 1. The molecular formula is C12H18N2O2S. The number of hydrogen-bond donors (Lipinski definition) is 3. The summed E-state index contributed by atoms with van der Waals surface area (Å²) in [6.07, 6.45) is 1.53. The van der Waals surface area contributed by atoms with Gasteiger partial charge in [0.2, 0.25) is 5.91 Å². The normalized spacial score (nSPS) is 12.2. The van der Waals surface area contributed by atoms with Crippen LogP contribution in [0, 0.1) is 0 Å². The second-order valence-corrected chi connectivity index (χ2v) is 4.58. The first kappa shape index (κ1) is 14.0. The van der Waals surface area contributed by atoms with E-state index in [1.165, 1.54) is 0 Å². The Morgan fingerprint density at radius 1 is 1.47 bits per heavy atom. The first-order valence-corrected chi connectivity index (χ1v) is 6.67. The summed E-state index contributed by atoms with van der Waals surface area (Å²) in [5.74, 6) is -0.104. The van der Waals surface area contributed by atoms with Gasteiger partial charge < -0.3 is 15.7 Å². The maximum absolute atomic E-state index is 11.6. The fourth-order valence-corrected chi connectivity index (χ4v) is 1.89. The Bertz CT molecular complexity index is 369. The zero-order chi connectivity index (χ0) is 12.7. The second-order valence-electron chi connectivity index (χ2n) is 3.73. The van der Waals surface area contributed by atoms with Gasteiger partial charge in [0.1, 0.15) is 0 Å². The minimum absolute atomic E-state index is 0.104. The summed E-state index contributed by atoms with van der Waals surface area (Å²) in [4.78, 5) is 12.6. The SMILES string of the molecule is CSc1ccccc1NC(=O)CNC[C@@H](C)O. The van der Waals surface area contributed by atoms with Crippen LogP contribution in [0.2, 0.25) is 0 Å². The molecule has 94 valence electrons. The molecule has 0 aliphatic heterocycles. The largest absolute Gasteiger partial charge is 0.392 e. The third kappa shape index (κ3) is 5.21. The first-order valence-electron chi connectivity index (χ1n) is 5.45. The van der Waals surface area contributed by atoms with E-state index in [1.54, 1.807) is 18.7 Å². The zero-order valence-corrected chi connectivity index (χ0v) is 10.9. The molecular weight excluding hydrogens is 236 g/mol. The maximum Gasteiger partial charge on any atom is 0.238 e. The molecule has 3 N–H and O–H groups in total. The van der Waals surface area contributed by atoms with Crippen molar-refractivity contribution >= 4 is 23.4 Å². The average Bonchev–Trinajstić information content (AvgIpc) is 2.29. The van der Waals surface area contributed by atoms with Gasteiger partial charge in [-0.2, -0.15) is 0 Å². The molecule has 5 heteroatoms. The van der Waals surface area contributed by atoms with E-state index in [0.717, 1.165) is 10.6 Å². The van der Waals surface area contributed by atoms with E-state index < -0.39 is 6.10 Å². The molecule has 0 aromatic heterocycles. The molecule has 0 radical (unpaired) electrons. The van der Waals surface area contributed by atoms with E-state index in [-0.39, 0.29) is 12.5 Å². The van der Waals surface area contributed by atoms with Gasteiger partial charge in [-0.15, -0.1) is 11.8 Å². The van der Waals surface area contributed by atoms with Crippen molar-refractivity contribution in [2.24, 2.45) is 0 Å². The number of carbonyl (C=O) groups is 1. The fourth-order valence-electron chi connectivity index (χ4n) is 1.34.